The standard InChI is InChI=1S/C33H35NO10/c1-17-24(42-32-27(36)26(35)29(41-6)33(2,3)44-32)13-9-19-16-23(31(38)43-28(17)19)34-30(37)20-10-14-25(40-5)22(15-20)18-7-11-21(39-4)12-8-18/h7-16,26-27,29,32,35-36H,1-6H3,(H,34,37). The van der Waals surface area contributed by atoms with Crippen LogP contribution in [0.4, 0.5) is 5.69 Å². The molecule has 0 bridgehead atoms. The summed E-state index contributed by atoms with van der Waals surface area (Å²) in [5.74, 6) is 1.05. The molecule has 44 heavy (non-hydrogen) atoms. The zero-order valence-corrected chi connectivity index (χ0v) is 25.2. The van der Waals surface area contributed by atoms with Crippen molar-refractivity contribution < 1.29 is 43.1 Å². The van der Waals surface area contributed by atoms with Gasteiger partial charge in [0.2, 0.25) is 6.29 Å². The Morgan fingerprint density at radius 3 is 2.27 bits per heavy atom. The largest absolute Gasteiger partial charge is 0.497 e. The minimum absolute atomic E-state index is 0.0427. The lowest BCUT2D eigenvalue weighted by Crippen LogP contribution is -2.63. The molecule has 2 heterocycles. The predicted octanol–water partition coefficient (Wildman–Crippen LogP) is 4.29. The Balaban J connectivity index is 1.39. The number of amides is 1. The summed E-state index contributed by atoms with van der Waals surface area (Å²) in [6, 6.07) is 17.1. The molecule has 3 aromatic carbocycles. The highest BCUT2D eigenvalue weighted by molar-refractivity contribution is 6.05. The molecule has 1 saturated heterocycles. The first kappa shape index (κ1) is 31.0. The third kappa shape index (κ3) is 5.87. The van der Waals surface area contributed by atoms with Crippen molar-refractivity contribution in [3.63, 3.8) is 0 Å². The number of rotatable bonds is 8. The minimum Gasteiger partial charge on any atom is -0.497 e. The third-order valence-electron chi connectivity index (χ3n) is 7.75. The first-order valence-electron chi connectivity index (χ1n) is 13.9. The molecule has 1 aromatic heterocycles. The highest BCUT2D eigenvalue weighted by Gasteiger charge is 2.50. The van der Waals surface area contributed by atoms with Crippen LogP contribution in [0.1, 0.15) is 29.8 Å². The van der Waals surface area contributed by atoms with E-state index in [-0.39, 0.29) is 17.0 Å². The molecule has 1 aliphatic heterocycles. The topological polar surface area (TPSA) is 146 Å². The lowest BCUT2D eigenvalue weighted by atomic mass is 9.89. The second kappa shape index (κ2) is 12.3. The van der Waals surface area contributed by atoms with Crippen molar-refractivity contribution in [3.8, 4) is 28.4 Å². The Morgan fingerprint density at radius 2 is 1.61 bits per heavy atom. The summed E-state index contributed by atoms with van der Waals surface area (Å²) in [7, 11) is 4.56. The summed E-state index contributed by atoms with van der Waals surface area (Å²) < 4.78 is 33.5. The van der Waals surface area contributed by atoms with Crippen LogP contribution in [0.15, 0.2) is 69.9 Å². The summed E-state index contributed by atoms with van der Waals surface area (Å²) in [4.78, 5) is 26.2. The maximum absolute atomic E-state index is 13.2. The molecule has 5 rings (SSSR count). The van der Waals surface area contributed by atoms with Gasteiger partial charge in [-0.15, -0.1) is 0 Å². The number of aryl methyl sites for hydroxylation is 1. The Hall–Kier alpha value is -4.42. The normalized spacial score (nSPS) is 21.1. The maximum atomic E-state index is 13.2. The number of ether oxygens (including phenoxy) is 5. The molecule has 4 aromatic rings. The van der Waals surface area contributed by atoms with Crippen LogP contribution in [-0.2, 0) is 9.47 Å². The molecule has 0 saturated carbocycles. The van der Waals surface area contributed by atoms with E-state index in [9.17, 15) is 19.8 Å². The van der Waals surface area contributed by atoms with E-state index in [1.165, 1.54) is 13.2 Å². The Morgan fingerprint density at radius 1 is 0.909 bits per heavy atom. The number of methoxy groups -OCH3 is 3. The average Bonchev–Trinajstić information content (AvgIpc) is 3.01. The highest BCUT2D eigenvalue weighted by Crippen LogP contribution is 2.36. The van der Waals surface area contributed by atoms with Gasteiger partial charge in [-0.05, 0) is 74.9 Å². The quantitative estimate of drug-likeness (QED) is 0.249. The molecule has 0 spiro atoms. The van der Waals surface area contributed by atoms with Crippen LogP contribution < -0.4 is 25.2 Å². The van der Waals surface area contributed by atoms with Crippen LogP contribution in [0.3, 0.4) is 0 Å². The first-order chi connectivity index (χ1) is 21.0. The summed E-state index contributed by atoms with van der Waals surface area (Å²) in [6.07, 6.45) is -4.62. The molecular formula is C33H35NO10. The summed E-state index contributed by atoms with van der Waals surface area (Å²) in [6.45, 7) is 5.13. The fourth-order valence-corrected chi connectivity index (χ4v) is 5.39. The van der Waals surface area contributed by atoms with Crippen LogP contribution >= 0.6 is 0 Å². The molecule has 4 unspecified atom stereocenters. The van der Waals surface area contributed by atoms with Gasteiger partial charge in [0.25, 0.3) is 5.91 Å². The SMILES string of the molecule is COc1ccc(-c2cc(C(=O)Nc3cc4ccc(OC5OC(C)(C)C(OC)C(O)C5O)c(C)c4oc3=O)ccc2OC)cc1. The van der Waals surface area contributed by atoms with Crippen LogP contribution in [0.25, 0.3) is 22.1 Å². The summed E-state index contributed by atoms with van der Waals surface area (Å²) >= 11 is 0. The molecule has 0 radical (unpaired) electrons. The van der Waals surface area contributed by atoms with E-state index in [4.69, 9.17) is 28.1 Å². The molecule has 11 nitrogen and oxygen atoms in total. The number of carbonyl (C=O) groups excluding carboxylic acids is 1. The molecule has 0 aliphatic carbocycles. The van der Waals surface area contributed by atoms with E-state index in [1.807, 2.05) is 24.3 Å². The van der Waals surface area contributed by atoms with Gasteiger partial charge in [-0.3, -0.25) is 4.79 Å². The van der Waals surface area contributed by atoms with Gasteiger partial charge < -0.3 is 43.6 Å². The monoisotopic (exact) mass is 605 g/mol. The van der Waals surface area contributed by atoms with Gasteiger partial charge in [0.05, 0.1) is 19.8 Å². The smallest absolute Gasteiger partial charge is 0.360 e. The summed E-state index contributed by atoms with van der Waals surface area (Å²) in [5, 5.41) is 24.4. The zero-order chi connectivity index (χ0) is 31.8. The molecular weight excluding hydrogens is 570 g/mol. The van der Waals surface area contributed by atoms with Crippen LogP contribution in [0, 0.1) is 6.92 Å². The van der Waals surface area contributed by atoms with E-state index < -0.39 is 41.7 Å². The molecule has 11 heteroatoms. The van der Waals surface area contributed by atoms with Crippen LogP contribution in [-0.4, -0.2) is 67.7 Å². The van der Waals surface area contributed by atoms with Gasteiger partial charge in [0.15, 0.2) is 0 Å². The number of aliphatic hydroxyl groups excluding tert-OH is 2. The zero-order valence-electron chi connectivity index (χ0n) is 25.2. The number of hydrogen-bond donors (Lipinski definition) is 3. The van der Waals surface area contributed by atoms with Crippen molar-refractivity contribution in [1.82, 2.24) is 0 Å². The van der Waals surface area contributed by atoms with E-state index >= 15 is 0 Å². The van der Waals surface area contributed by atoms with Gasteiger partial charge in [-0.1, -0.05) is 12.1 Å². The van der Waals surface area contributed by atoms with Crippen molar-refractivity contribution in [3.05, 3.63) is 82.2 Å². The van der Waals surface area contributed by atoms with Crippen LogP contribution in [0.5, 0.6) is 17.2 Å². The molecule has 4 atom stereocenters. The number of benzene rings is 3. The molecule has 1 aliphatic rings. The number of hydrogen-bond acceptors (Lipinski definition) is 10. The van der Waals surface area contributed by atoms with Gasteiger partial charge >= 0.3 is 5.63 Å². The first-order valence-corrected chi connectivity index (χ1v) is 13.9. The lowest BCUT2D eigenvalue weighted by molar-refractivity contribution is -0.306. The Labute approximate surface area is 253 Å². The average molecular weight is 606 g/mol. The van der Waals surface area contributed by atoms with Crippen molar-refractivity contribution in [2.24, 2.45) is 0 Å². The summed E-state index contributed by atoms with van der Waals surface area (Å²) in [5.41, 5.74) is 0.758. The number of anilines is 1. The fourth-order valence-electron chi connectivity index (χ4n) is 5.39. The maximum Gasteiger partial charge on any atom is 0.360 e. The number of nitrogens with one attached hydrogen (secondary N) is 1. The van der Waals surface area contributed by atoms with Gasteiger partial charge in [0, 0.05) is 29.2 Å². The van der Waals surface area contributed by atoms with E-state index in [0.29, 0.717) is 33.6 Å². The van der Waals surface area contributed by atoms with Gasteiger partial charge in [-0.25, -0.2) is 4.79 Å². The number of fused-ring (bicyclic) bond motifs is 1. The van der Waals surface area contributed by atoms with E-state index in [0.717, 1.165) is 5.56 Å². The molecule has 1 fully saturated rings. The number of aliphatic hydroxyl groups is 2. The molecule has 1 amide bonds. The third-order valence-corrected chi connectivity index (χ3v) is 7.75. The van der Waals surface area contributed by atoms with Crippen molar-refractivity contribution in [1.29, 1.82) is 0 Å². The van der Waals surface area contributed by atoms with Crippen molar-refractivity contribution >= 4 is 22.6 Å². The van der Waals surface area contributed by atoms with Gasteiger partial charge in [0.1, 0.15) is 46.8 Å². The second-order valence-corrected chi connectivity index (χ2v) is 11.0. The van der Waals surface area contributed by atoms with Crippen LogP contribution in [0.2, 0.25) is 0 Å². The lowest BCUT2D eigenvalue weighted by Gasteiger charge is -2.46. The van der Waals surface area contributed by atoms with E-state index in [1.54, 1.807) is 65.3 Å². The second-order valence-electron chi connectivity index (χ2n) is 11.0. The van der Waals surface area contributed by atoms with Crippen molar-refractivity contribution in [2.45, 2.75) is 51.0 Å². The Kier molecular flexibility index (Phi) is 8.66. The Bertz CT molecular complexity index is 1730. The van der Waals surface area contributed by atoms with E-state index in [2.05, 4.69) is 5.32 Å². The highest BCUT2D eigenvalue weighted by atomic mass is 16.7. The minimum atomic E-state index is -1.39. The van der Waals surface area contributed by atoms with Crippen molar-refractivity contribution in [2.75, 3.05) is 26.6 Å². The predicted molar refractivity (Wildman–Crippen MR) is 163 cm³/mol. The molecule has 232 valence electrons. The fraction of sp³-hybridized carbons (Fsp3) is 0.333. The van der Waals surface area contributed by atoms with Gasteiger partial charge in [-0.2, -0.15) is 0 Å². The number of carbonyl (C=O) groups is 1. The molecule has 3 N–H and O–H groups in total.